The van der Waals surface area contributed by atoms with Crippen LogP contribution in [0.15, 0.2) is 12.2 Å². The Bertz CT molecular complexity index is 766. The molecule has 1 saturated carbocycles. The van der Waals surface area contributed by atoms with Crippen molar-refractivity contribution in [2.45, 2.75) is 145 Å². The minimum absolute atomic E-state index is 0.0653. The fourth-order valence-electron chi connectivity index (χ4n) is 6.74. The maximum atomic E-state index is 11.9. The number of rotatable bonds is 15. The second-order valence-electron chi connectivity index (χ2n) is 12.3. The zero-order valence-electron chi connectivity index (χ0n) is 25.0. The molecule has 0 aromatic rings. The van der Waals surface area contributed by atoms with Crippen LogP contribution < -0.4 is 0 Å². The van der Waals surface area contributed by atoms with E-state index >= 15 is 0 Å². The van der Waals surface area contributed by atoms with Gasteiger partial charge in [-0.15, -0.1) is 0 Å². The Balaban J connectivity index is 1.41. The van der Waals surface area contributed by atoms with E-state index in [0.717, 1.165) is 77.4 Å². The van der Waals surface area contributed by atoms with Crippen molar-refractivity contribution in [1.29, 1.82) is 0 Å². The molecule has 0 amide bonds. The van der Waals surface area contributed by atoms with E-state index in [1.807, 2.05) is 6.92 Å². The van der Waals surface area contributed by atoms with E-state index in [2.05, 4.69) is 41.7 Å². The van der Waals surface area contributed by atoms with Crippen molar-refractivity contribution in [1.82, 2.24) is 0 Å². The maximum absolute atomic E-state index is 11.9. The molecule has 230 valence electrons. The molecule has 10 atom stereocenters. The van der Waals surface area contributed by atoms with E-state index in [9.17, 15) is 4.79 Å². The monoisotopic (exact) mass is 676 g/mol. The van der Waals surface area contributed by atoms with Crippen molar-refractivity contribution in [2.75, 3.05) is 20.3 Å². The van der Waals surface area contributed by atoms with Gasteiger partial charge in [0.05, 0.1) is 37.4 Å². The summed E-state index contributed by atoms with van der Waals surface area (Å²) in [4.78, 5) is 11.9. The van der Waals surface area contributed by atoms with Crippen LogP contribution in [-0.4, -0.2) is 67.2 Å². The lowest BCUT2D eigenvalue weighted by Crippen LogP contribution is -2.32. The Hall–Kier alpha value is -0.260. The van der Waals surface area contributed by atoms with Crippen LogP contribution in [0.2, 0.25) is 0 Å². The van der Waals surface area contributed by atoms with Crippen molar-refractivity contribution in [3.63, 3.8) is 0 Å². The first kappa shape index (κ1) is 32.6. The molecule has 4 aliphatic rings. The Kier molecular flexibility index (Phi) is 14.0. The number of hydrogen-bond acceptors (Lipinski definition) is 7. The van der Waals surface area contributed by atoms with Crippen LogP contribution in [0, 0.1) is 17.8 Å². The average molecular weight is 677 g/mol. The Labute approximate surface area is 255 Å². The topological polar surface area (TPSA) is 72.5 Å². The van der Waals surface area contributed by atoms with Crippen molar-refractivity contribution in [2.24, 2.45) is 17.8 Å². The predicted molar refractivity (Wildman–Crippen MR) is 163 cm³/mol. The van der Waals surface area contributed by atoms with Crippen LogP contribution in [-0.2, 0) is 33.2 Å². The molecule has 0 aromatic carbocycles. The van der Waals surface area contributed by atoms with E-state index in [0.29, 0.717) is 9.84 Å². The van der Waals surface area contributed by atoms with Crippen molar-refractivity contribution < 1.29 is 33.2 Å². The van der Waals surface area contributed by atoms with E-state index in [4.69, 9.17) is 28.4 Å². The Morgan fingerprint density at radius 1 is 1.00 bits per heavy atom. The highest BCUT2D eigenvalue weighted by Gasteiger charge is 2.51. The summed E-state index contributed by atoms with van der Waals surface area (Å²) in [6, 6.07) is 0. The van der Waals surface area contributed by atoms with Gasteiger partial charge < -0.3 is 28.4 Å². The lowest BCUT2D eigenvalue weighted by molar-refractivity contribution is -0.194. The van der Waals surface area contributed by atoms with E-state index in [1.165, 1.54) is 32.8 Å². The molecular formula is C32H53IO7. The van der Waals surface area contributed by atoms with Gasteiger partial charge in [0, 0.05) is 29.5 Å². The highest BCUT2D eigenvalue weighted by molar-refractivity contribution is 14.1. The molecule has 7 nitrogen and oxygen atoms in total. The van der Waals surface area contributed by atoms with Gasteiger partial charge >= 0.3 is 5.97 Å². The summed E-state index contributed by atoms with van der Waals surface area (Å²) in [7, 11) is 1.47. The van der Waals surface area contributed by atoms with E-state index in [-0.39, 0.29) is 54.8 Å². The molecule has 3 aliphatic heterocycles. The summed E-state index contributed by atoms with van der Waals surface area (Å²) in [6.45, 7) is 5.79. The van der Waals surface area contributed by atoms with Gasteiger partial charge in [0.1, 0.15) is 0 Å². The molecule has 0 radical (unpaired) electrons. The molecule has 6 unspecified atom stereocenters. The van der Waals surface area contributed by atoms with Crippen molar-refractivity contribution >= 4 is 28.6 Å². The van der Waals surface area contributed by atoms with Gasteiger partial charge in [-0.25, -0.2) is 0 Å². The van der Waals surface area contributed by atoms with Gasteiger partial charge in [-0.05, 0) is 70.1 Å². The number of alkyl halides is 1. The zero-order chi connectivity index (χ0) is 28.3. The van der Waals surface area contributed by atoms with Crippen LogP contribution >= 0.6 is 22.6 Å². The smallest absolute Gasteiger partial charge is 0.308 e. The minimum atomic E-state index is -0.128. The molecule has 4 fully saturated rings. The zero-order valence-corrected chi connectivity index (χ0v) is 27.1. The highest BCUT2D eigenvalue weighted by Crippen LogP contribution is 2.48. The second-order valence-corrected chi connectivity index (χ2v) is 13.9. The number of carbonyl (C=O) groups excluding carboxylic acids is 1. The normalized spacial score (nSPS) is 35.0. The summed E-state index contributed by atoms with van der Waals surface area (Å²) in [6.07, 6.45) is 20.0. The molecule has 3 saturated heterocycles. The Morgan fingerprint density at radius 2 is 1.75 bits per heavy atom. The quantitative estimate of drug-likeness (QED) is 0.0601. The highest BCUT2D eigenvalue weighted by atomic mass is 127. The average Bonchev–Trinajstić information content (AvgIpc) is 3.53. The standard InChI is InChI=1S/C32H53IO7/c1-4-5-6-11-23(38-30-12-7-9-18-36-30)15-16-24-25-20-29(26(33)17-14-22(2)32(34)35-3)39-28(25)21-27(24)40-31-13-8-10-19-37-31/h15-16,22-31H,4-14,17-21H2,1-3H3/t22?,23?,24-,25-,26?,27-,28-,29?,30?,31?/m1/s1. The molecule has 4 rings (SSSR count). The lowest BCUT2D eigenvalue weighted by Gasteiger charge is -2.30. The fourth-order valence-corrected chi connectivity index (χ4v) is 7.57. The summed E-state index contributed by atoms with van der Waals surface area (Å²) < 4.78 is 37.0. The molecule has 40 heavy (non-hydrogen) atoms. The van der Waals surface area contributed by atoms with Crippen molar-refractivity contribution in [3.05, 3.63) is 12.2 Å². The lowest BCUT2D eigenvalue weighted by atomic mass is 9.88. The molecule has 0 aromatic heterocycles. The van der Waals surface area contributed by atoms with Gasteiger partial charge in [0.15, 0.2) is 12.6 Å². The van der Waals surface area contributed by atoms with E-state index < -0.39 is 0 Å². The van der Waals surface area contributed by atoms with Gasteiger partial charge in [-0.3, -0.25) is 4.79 Å². The van der Waals surface area contributed by atoms with Crippen LogP contribution in [0.4, 0.5) is 0 Å². The summed E-state index contributed by atoms with van der Waals surface area (Å²) in [5, 5.41) is 0. The number of fused-ring (bicyclic) bond motifs is 1. The third-order valence-electron chi connectivity index (χ3n) is 9.17. The third-order valence-corrected chi connectivity index (χ3v) is 10.6. The minimum Gasteiger partial charge on any atom is -0.469 e. The number of unbranched alkanes of at least 4 members (excludes halogenated alkanes) is 2. The number of methoxy groups -OCH3 is 1. The van der Waals surface area contributed by atoms with Gasteiger partial charge in [0.2, 0.25) is 0 Å². The number of hydrogen-bond donors (Lipinski definition) is 0. The first-order valence-electron chi connectivity index (χ1n) is 16.1. The molecule has 8 heteroatoms. The summed E-state index contributed by atoms with van der Waals surface area (Å²) in [5.41, 5.74) is 0. The van der Waals surface area contributed by atoms with Crippen LogP contribution in [0.3, 0.4) is 0 Å². The van der Waals surface area contributed by atoms with Crippen LogP contribution in [0.25, 0.3) is 0 Å². The van der Waals surface area contributed by atoms with Gasteiger partial charge in [-0.1, -0.05) is 67.9 Å². The molecule has 1 aliphatic carbocycles. The number of carbonyl (C=O) groups is 1. The first-order valence-corrected chi connectivity index (χ1v) is 17.3. The number of halogens is 1. The number of esters is 1. The van der Waals surface area contributed by atoms with Crippen LogP contribution in [0.5, 0.6) is 0 Å². The first-order chi connectivity index (χ1) is 19.5. The van der Waals surface area contributed by atoms with Crippen LogP contribution in [0.1, 0.15) is 104 Å². The largest absolute Gasteiger partial charge is 0.469 e. The molecular weight excluding hydrogens is 623 g/mol. The third kappa shape index (κ3) is 9.63. The van der Waals surface area contributed by atoms with Gasteiger partial charge in [-0.2, -0.15) is 0 Å². The summed E-state index contributed by atoms with van der Waals surface area (Å²) in [5.74, 6) is 0.497. The van der Waals surface area contributed by atoms with E-state index in [1.54, 1.807) is 0 Å². The van der Waals surface area contributed by atoms with Gasteiger partial charge in [0.25, 0.3) is 0 Å². The maximum Gasteiger partial charge on any atom is 0.308 e. The SMILES string of the molecule is CCCCCC(C=C[C@@H]1[C@H]2CC(C(I)CCC(C)C(=O)OC)O[C@@H]2C[C@H]1OC1CCCCO1)OC1CCCCO1. The Morgan fingerprint density at radius 3 is 2.42 bits per heavy atom. The summed E-state index contributed by atoms with van der Waals surface area (Å²) >= 11 is 2.53. The molecule has 3 heterocycles. The molecule has 0 spiro atoms. The fraction of sp³-hybridized carbons (Fsp3) is 0.906. The van der Waals surface area contributed by atoms with Crippen molar-refractivity contribution in [3.8, 4) is 0 Å². The molecule has 0 N–H and O–H groups in total. The number of ether oxygens (including phenoxy) is 6. The molecule has 0 bridgehead atoms. The predicted octanol–water partition coefficient (Wildman–Crippen LogP) is 7.13. The second kappa shape index (κ2) is 17.1.